The van der Waals surface area contributed by atoms with Gasteiger partial charge in [0, 0.05) is 10.5 Å². The SMILES string of the molecule is O=C(CN(c1cccc(Br)c1)S(=O)(=O)c1ccccc1)NC1CC2CCC1C2. The number of sulfonamides is 1. The molecule has 0 spiro atoms. The van der Waals surface area contributed by atoms with E-state index < -0.39 is 10.0 Å². The lowest BCUT2D eigenvalue weighted by Gasteiger charge is -2.27. The van der Waals surface area contributed by atoms with Crippen LogP contribution in [0.5, 0.6) is 0 Å². The highest BCUT2D eigenvalue weighted by Gasteiger charge is 2.40. The zero-order chi connectivity index (χ0) is 19.7. The van der Waals surface area contributed by atoms with Gasteiger partial charge in [-0.15, -0.1) is 0 Å². The fraction of sp³-hybridized carbons (Fsp3) is 0.381. The summed E-state index contributed by atoms with van der Waals surface area (Å²) in [6.45, 7) is -0.235. The van der Waals surface area contributed by atoms with E-state index in [0.717, 1.165) is 17.3 Å². The summed E-state index contributed by atoms with van der Waals surface area (Å²) < 4.78 is 28.5. The van der Waals surface area contributed by atoms with Crippen LogP contribution in [0.2, 0.25) is 0 Å². The normalized spacial score (nSPS) is 23.5. The fourth-order valence-electron chi connectivity index (χ4n) is 4.47. The molecule has 2 aromatic carbocycles. The third-order valence-electron chi connectivity index (χ3n) is 5.80. The van der Waals surface area contributed by atoms with Gasteiger partial charge in [-0.3, -0.25) is 9.10 Å². The summed E-state index contributed by atoms with van der Waals surface area (Å²) >= 11 is 3.39. The lowest BCUT2D eigenvalue weighted by molar-refractivity contribution is -0.120. The van der Waals surface area contributed by atoms with Crippen molar-refractivity contribution in [2.75, 3.05) is 10.8 Å². The molecule has 1 N–H and O–H groups in total. The maximum atomic E-state index is 13.3. The summed E-state index contributed by atoms with van der Waals surface area (Å²) in [6.07, 6.45) is 4.61. The molecule has 7 heteroatoms. The van der Waals surface area contributed by atoms with Gasteiger partial charge in [0.05, 0.1) is 10.6 Å². The number of halogens is 1. The van der Waals surface area contributed by atoms with Gasteiger partial charge in [-0.1, -0.05) is 46.6 Å². The van der Waals surface area contributed by atoms with Gasteiger partial charge in [-0.2, -0.15) is 0 Å². The highest BCUT2D eigenvalue weighted by molar-refractivity contribution is 9.10. The van der Waals surface area contributed by atoms with Gasteiger partial charge >= 0.3 is 0 Å². The zero-order valence-electron chi connectivity index (χ0n) is 15.4. The third-order valence-corrected chi connectivity index (χ3v) is 8.08. The van der Waals surface area contributed by atoms with Crippen LogP contribution < -0.4 is 9.62 Å². The molecular weight excluding hydrogens is 440 g/mol. The molecule has 0 radical (unpaired) electrons. The van der Waals surface area contributed by atoms with Crippen LogP contribution in [0.1, 0.15) is 25.7 Å². The number of rotatable bonds is 6. The molecule has 2 bridgehead atoms. The number of carbonyl (C=O) groups is 1. The Hall–Kier alpha value is -1.86. The monoisotopic (exact) mass is 462 g/mol. The summed E-state index contributed by atoms with van der Waals surface area (Å²) in [5.74, 6) is 1.00. The Morgan fingerprint density at radius 2 is 1.86 bits per heavy atom. The highest BCUT2D eigenvalue weighted by atomic mass is 79.9. The number of carbonyl (C=O) groups excluding carboxylic acids is 1. The summed E-state index contributed by atoms with van der Waals surface area (Å²) in [6, 6.07) is 15.4. The Morgan fingerprint density at radius 3 is 2.50 bits per heavy atom. The van der Waals surface area contributed by atoms with Gasteiger partial charge in [0.1, 0.15) is 6.54 Å². The molecule has 4 rings (SSSR count). The van der Waals surface area contributed by atoms with Crippen LogP contribution in [-0.4, -0.2) is 26.9 Å². The van der Waals surface area contributed by atoms with E-state index in [2.05, 4.69) is 21.2 Å². The maximum Gasteiger partial charge on any atom is 0.264 e. The molecular formula is C21H23BrN2O3S. The third kappa shape index (κ3) is 3.96. The van der Waals surface area contributed by atoms with E-state index in [9.17, 15) is 13.2 Å². The first kappa shape index (κ1) is 19.5. The van der Waals surface area contributed by atoms with Crippen LogP contribution in [0.15, 0.2) is 64.0 Å². The average molecular weight is 463 g/mol. The molecule has 1 amide bonds. The van der Waals surface area contributed by atoms with E-state index in [4.69, 9.17) is 0 Å². The van der Waals surface area contributed by atoms with Crippen LogP contribution in [0.3, 0.4) is 0 Å². The minimum absolute atomic E-state index is 0.169. The van der Waals surface area contributed by atoms with Gasteiger partial charge < -0.3 is 5.32 Å². The van der Waals surface area contributed by atoms with E-state index in [0.29, 0.717) is 17.5 Å². The van der Waals surface area contributed by atoms with Gasteiger partial charge in [0.25, 0.3) is 10.0 Å². The van der Waals surface area contributed by atoms with Crippen LogP contribution in [0.4, 0.5) is 5.69 Å². The smallest absolute Gasteiger partial charge is 0.264 e. The van der Waals surface area contributed by atoms with E-state index in [1.807, 2.05) is 6.07 Å². The molecule has 3 atom stereocenters. The lowest BCUT2D eigenvalue weighted by atomic mass is 9.95. The molecule has 0 heterocycles. The second-order valence-electron chi connectivity index (χ2n) is 7.65. The summed E-state index contributed by atoms with van der Waals surface area (Å²) in [5, 5.41) is 3.09. The average Bonchev–Trinajstić information content (AvgIpc) is 3.30. The molecule has 5 nitrogen and oxygen atoms in total. The molecule has 2 aromatic rings. The Kier molecular flexibility index (Phi) is 5.47. The van der Waals surface area contributed by atoms with Gasteiger partial charge in [0.15, 0.2) is 0 Å². The van der Waals surface area contributed by atoms with Crippen LogP contribution in [0.25, 0.3) is 0 Å². The lowest BCUT2D eigenvalue weighted by Crippen LogP contribution is -2.46. The number of hydrogen-bond donors (Lipinski definition) is 1. The van der Waals surface area contributed by atoms with Crippen LogP contribution in [-0.2, 0) is 14.8 Å². The predicted molar refractivity (Wildman–Crippen MR) is 112 cm³/mol. The van der Waals surface area contributed by atoms with Crippen molar-refractivity contribution in [3.05, 3.63) is 59.1 Å². The molecule has 148 valence electrons. The van der Waals surface area contributed by atoms with Crippen molar-refractivity contribution in [1.82, 2.24) is 5.32 Å². The first-order valence-corrected chi connectivity index (χ1v) is 11.8. The van der Waals surface area contributed by atoms with Crippen molar-refractivity contribution in [3.8, 4) is 0 Å². The van der Waals surface area contributed by atoms with E-state index in [1.165, 1.54) is 17.1 Å². The van der Waals surface area contributed by atoms with Crippen molar-refractivity contribution in [3.63, 3.8) is 0 Å². The van der Waals surface area contributed by atoms with Crippen molar-refractivity contribution in [2.24, 2.45) is 11.8 Å². The number of benzene rings is 2. The minimum atomic E-state index is -3.86. The molecule has 2 saturated carbocycles. The van der Waals surface area contributed by atoms with Crippen molar-refractivity contribution in [2.45, 2.75) is 36.6 Å². The van der Waals surface area contributed by atoms with Crippen molar-refractivity contribution in [1.29, 1.82) is 0 Å². The molecule has 2 aliphatic rings. The first-order valence-electron chi connectivity index (χ1n) is 9.56. The second-order valence-corrected chi connectivity index (χ2v) is 10.4. The molecule has 28 heavy (non-hydrogen) atoms. The number of nitrogens with one attached hydrogen (secondary N) is 1. The molecule has 0 aromatic heterocycles. The summed E-state index contributed by atoms with van der Waals surface area (Å²) in [4.78, 5) is 13.0. The first-order chi connectivity index (χ1) is 13.4. The topological polar surface area (TPSA) is 66.5 Å². The van der Waals surface area contributed by atoms with Crippen molar-refractivity contribution < 1.29 is 13.2 Å². The summed E-state index contributed by atoms with van der Waals surface area (Å²) in [7, 11) is -3.86. The Morgan fingerprint density at radius 1 is 1.07 bits per heavy atom. The Bertz CT molecular complexity index is 965. The molecule has 3 unspecified atom stereocenters. The molecule has 2 aliphatic carbocycles. The second kappa shape index (κ2) is 7.87. The number of fused-ring (bicyclic) bond motifs is 2. The number of hydrogen-bond acceptors (Lipinski definition) is 3. The predicted octanol–water partition coefficient (Wildman–Crippen LogP) is 3.95. The standard InChI is InChI=1S/C21H23BrN2O3S/c22-17-5-4-6-18(13-17)24(28(26,27)19-7-2-1-3-8-19)14-21(25)23-20-12-15-9-10-16(20)11-15/h1-8,13,15-16,20H,9-12,14H2,(H,23,25). The van der Waals surface area contributed by atoms with E-state index in [1.54, 1.807) is 48.5 Å². The fourth-order valence-corrected chi connectivity index (χ4v) is 6.29. The van der Waals surface area contributed by atoms with Crippen LogP contribution >= 0.6 is 15.9 Å². The van der Waals surface area contributed by atoms with Gasteiger partial charge in [-0.05, 0) is 61.4 Å². The van der Waals surface area contributed by atoms with Gasteiger partial charge in [-0.25, -0.2) is 8.42 Å². The number of nitrogens with zero attached hydrogens (tertiary/aromatic N) is 1. The minimum Gasteiger partial charge on any atom is -0.352 e. The Balaban J connectivity index is 1.59. The van der Waals surface area contributed by atoms with Crippen LogP contribution in [0, 0.1) is 11.8 Å². The van der Waals surface area contributed by atoms with E-state index in [-0.39, 0.29) is 23.4 Å². The number of anilines is 1. The summed E-state index contributed by atoms with van der Waals surface area (Å²) in [5.41, 5.74) is 0.460. The largest absolute Gasteiger partial charge is 0.352 e. The quantitative estimate of drug-likeness (QED) is 0.706. The highest BCUT2D eigenvalue weighted by Crippen LogP contribution is 2.44. The molecule has 0 aliphatic heterocycles. The molecule has 0 saturated heterocycles. The van der Waals surface area contributed by atoms with E-state index >= 15 is 0 Å². The maximum absolute atomic E-state index is 13.3. The van der Waals surface area contributed by atoms with Gasteiger partial charge in [0.2, 0.25) is 5.91 Å². The number of amides is 1. The Labute approximate surface area is 174 Å². The van der Waals surface area contributed by atoms with Crippen molar-refractivity contribution >= 4 is 37.5 Å². The zero-order valence-corrected chi connectivity index (χ0v) is 17.8. The molecule has 2 fully saturated rings.